The van der Waals surface area contributed by atoms with Crippen LogP contribution in [0.5, 0.6) is 0 Å². The van der Waals surface area contributed by atoms with E-state index >= 15 is 0 Å². The number of nitrogens with one attached hydrogen (secondary N) is 1. The number of nitrogens with zero attached hydrogens (tertiary/aromatic N) is 1. The average molecular weight is 372 g/mol. The monoisotopic (exact) mass is 372 g/mol. The Balaban J connectivity index is 1.68. The van der Waals surface area contributed by atoms with E-state index in [1.165, 1.54) is 0 Å². The van der Waals surface area contributed by atoms with Crippen LogP contribution < -0.4 is 5.32 Å². The summed E-state index contributed by atoms with van der Waals surface area (Å²) >= 11 is 0. The maximum atomic E-state index is 12.4. The Morgan fingerprint density at radius 1 is 1.37 bits per heavy atom. The molecule has 0 unspecified atom stereocenters. The third-order valence-electron chi connectivity index (χ3n) is 6.82. The molecule has 0 radical (unpaired) electrons. The molecule has 6 heteroatoms. The number of rotatable bonds is 3. The van der Waals surface area contributed by atoms with Gasteiger partial charge in [0, 0.05) is 42.8 Å². The van der Waals surface area contributed by atoms with Crippen LogP contribution in [0.3, 0.4) is 0 Å². The predicted octanol–water partition coefficient (Wildman–Crippen LogP) is 2.92. The molecule has 1 fully saturated rings. The Labute approximate surface area is 160 Å². The van der Waals surface area contributed by atoms with Gasteiger partial charge in [0.1, 0.15) is 12.2 Å². The van der Waals surface area contributed by atoms with Crippen LogP contribution in [0.25, 0.3) is 0 Å². The Hall–Kier alpha value is -2.08. The zero-order valence-corrected chi connectivity index (χ0v) is 16.7. The van der Waals surface area contributed by atoms with Gasteiger partial charge >= 0.3 is 6.09 Å². The summed E-state index contributed by atoms with van der Waals surface area (Å²) in [6.45, 7) is 6.21. The molecule has 4 atom stereocenters. The second kappa shape index (κ2) is 6.23. The van der Waals surface area contributed by atoms with Gasteiger partial charge in [-0.25, -0.2) is 4.79 Å². The van der Waals surface area contributed by atoms with Crippen molar-refractivity contribution in [3.8, 4) is 0 Å². The van der Waals surface area contributed by atoms with Crippen molar-refractivity contribution in [3.63, 3.8) is 0 Å². The second-order valence-electron chi connectivity index (χ2n) is 8.49. The fourth-order valence-corrected chi connectivity index (χ4v) is 4.58. The summed E-state index contributed by atoms with van der Waals surface area (Å²) in [4.78, 5) is 26.4. The van der Waals surface area contributed by atoms with Gasteiger partial charge in [0.2, 0.25) is 0 Å². The maximum absolute atomic E-state index is 12.4. The first-order chi connectivity index (χ1) is 12.8. The normalized spacial score (nSPS) is 35.4. The lowest BCUT2D eigenvalue weighted by Gasteiger charge is -2.48. The van der Waals surface area contributed by atoms with Gasteiger partial charge in [-0.3, -0.25) is 4.79 Å². The summed E-state index contributed by atoms with van der Waals surface area (Å²) in [5, 5.41) is 2.90. The van der Waals surface area contributed by atoms with E-state index in [4.69, 9.17) is 9.47 Å². The molecular formula is C21H28N2O4. The molecule has 1 saturated carbocycles. The molecule has 2 amide bonds. The number of hydrogen-bond donors (Lipinski definition) is 1. The van der Waals surface area contributed by atoms with E-state index in [0.717, 1.165) is 41.7 Å². The number of methoxy groups -OCH3 is 1. The van der Waals surface area contributed by atoms with E-state index in [9.17, 15) is 9.59 Å². The SMILES string of the molecule is CO[C@@H]1C=C2C=C3C(=C(C)C(=O)N3C)C[C@]2(C)[C@@H](C)[C@H]1OC(=O)NC1CC1. The Morgan fingerprint density at radius 3 is 2.70 bits per heavy atom. The predicted molar refractivity (Wildman–Crippen MR) is 101 cm³/mol. The average Bonchev–Trinajstić information content (AvgIpc) is 3.42. The molecule has 0 aromatic carbocycles. The van der Waals surface area contributed by atoms with Crippen LogP contribution in [-0.2, 0) is 14.3 Å². The first kappa shape index (κ1) is 18.3. The van der Waals surface area contributed by atoms with Crippen molar-refractivity contribution in [2.24, 2.45) is 11.3 Å². The molecule has 0 aromatic heterocycles. The van der Waals surface area contributed by atoms with Gasteiger partial charge in [-0.1, -0.05) is 13.8 Å². The fraction of sp³-hybridized carbons (Fsp3) is 0.619. The molecule has 1 heterocycles. The van der Waals surface area contributed by atoms with E-state index in [2.05, 4.69) is 31.3 Å². The molecule has 0 bridgehead atoms. The zero-order valence-electron chi connectivity index (χ0n) is 16.7. The smallest absolute Gasteiger partial charge is 0.407 e. The molecular weight excluding hydrogens is 344 g/mol. The summed E-state index contributed by atoms with van der Waals surface area (Å²) in [5.41, 5.74) is 3.83. The summed E-state index contributed by atoms with van der Waals surface area (Å²) in [7, 11) is 3.46. The summed E-state index contributed by atoms with van der Waals surface area (Å²) in [6, 6.07) is 0.257. The Morgan fingerprint density at radius 2 is 2.07 bits per heavy atom. The first-order valence-electron chi connectivity index (χ1n) is 9.68. The molecule has 4 rings (SSSR count). The minimum absolute atomic E-state index is 0.0477. The van der Waals surface area contributed by atoms with E-state index in [0.29, 0.717) is 0 Å². The third kappa shape index (κ3) is 2.81. The summed E-state index contributed by atoms with van der Waals surface area (Å²) in [5.74, 6) is 0.109. The van der Waals surface area contributed by atoms with Crippen LogP contribution in [0.1, 0.15) is 40.0 Å². The third-order valence-corrected chi connectivity index (χ3v) is 6.82. The molecule has 1 N–H and O–H groups in total. The van der Waals surface area contributed by atoms with Gasteiger partial charge in [-0.15, -0.1) is 0 Å². The van der Waals surface area contributed by atoms with Gasteiger partial charge < -0.3 is 19.7 Å². The molecule has 6 nitrogen and oxygen atoms in total. The Kier molecular flexibility index (Phi) is 4.22. The first-order valence-corrected chi connectivity index (χ1v) is 9.68. The molecule has 1 aliphatic heterocycles. The lowest BCUT2D eigenvalue weighted by Crippen LogP contribution is -2.50. The summed E-state index contributed by atoms with van der Waals surface area (Å²) in [6.07, 6.45) is 5.93. The topological polar surface area (TPSA) is 67.9 Å². The van der Waals surface area contributed by atoms with Crippen LogP contribution in [0.4, 0.5) is 4.79 Å². The molecule has 0 spiro atoms. The molecule has 27 heavy (non-hydrogen) atoms. The number of carbonyl (C=O) groups excluding carboxylic acids is 2. The number of fused-ring (bicyclic) bond motifs is 2. The highest BCUT2D eigenvalue weighted by atomic mass is 16.6. The van der Waals surface area contributed by atoms with Gasteiger partial charge in [0.15, 0.2) is 0 Å². The van der Waals surface area contributed by atoms with Crippen LogP contribution >= 0.6 is 0 Å². The van der Waals surface area contributed by atoms with Gasteiger partial charge in [0.25, 0.3) is 5.91 Å². The number of carbonyl (C=O) groups is 2. The quantitative estimate of drug-likeness (QED) is 0.827. The van der Waals surface area contributed by atoms with E-state index < -0.39 is 0 Å². The Bertz CT molecular complexity index is 792. The van der Waals surface area contributed by atoms with Crippen LogP contribution in [-0.4, -0.2) is 49.3 Å². The second-order valence-corrected chi connectivity index (χ2v) is 8.49. The van der Waals surface area contributed by atoms with Crippen molar-refractivity contribution in [2.75, 3.05) is 14.2 Å². The summed E-state index contributed by atoms with van der Waals surface area (Å²) < 4.78 is 11.5. The maximum Gasteiger partial charge on any atom is 0.407 e. The lowest BCUT2D eigenvalue weighted by atomic mass is 9.59. The number of hydrogen-bond acceptors (Lipinski definition) is 4. The van der Waals surface area contributed by atoms with Crippen molar-refractivity contribution >= 4 is 12.0 Å². The van der Waals surface area contributed by atoms with Crippen LogP contribution in [0, 0.1) is 11.3 Å². The van der Waals surface area contributed by atoms with Gasteiger partial charge in [-0.2, -0.15) is 0 Å². The number of allylic oxidation sites excluding steroid dienone is 3. The van der Waals surface area contributed by atoms with Crippen LogP contribution in [0.2, 0.25) is 0 Å². The number of alkyl carbamates (subject to hydrolysis) is 1. The number of ether oxygens (including phenoxy) is 2. The highest BCUT2D eigenvalue weighted by Crippen LogP contribution is 2.54. The minimum atomic E-state index is -0.367. The van der Waals surface area contributed by atoms with E-state index in [1.54, 1.807) is 12.0 Å². The highest BCUT2D eigenvalue weighted by Gasteiger charge is 2.51. The highest BCUT2D eigenvalue weighted by molar-refractivity contribution is 6.00. The molecule has 0 aromatic rings. The molecule has 0 saturated heterocycles. The largest absolute Gasteiger partial charge is 0.443 e. The van der Waals surface area contributed by atoms with Crippen molar-refractivity contribution in [1.82, 2.24) is 10.2 Å². The van der Waals surface area contributed by atoms with Gasteiger partial charge in [0.05, 0.1) is 0 Å². The van der Waals surface area contributed by atoms with E-state index in [-0.39, 0.29) is 41.6 Å². The van der Waals surface area contributed by atoms with Crippen LogP contribution in [0.15, 0.2) is 34.6 Å². The molecule has 3 aliphatic carbocycles. The number of amides is 2. The zero-order chi connectivity index (χ0) is 19.5. The minimum Gasteiger partial charge on any atom is -0.443 e. The van der Waals surface area contributed by atoms with Crippen molar-refractivity contribution in [2.45, 2.75) is 58.3 Å². The van der Waals surface area contributed by atoms with Crippen molar-refractivity contribution < 1.29 is 19.1 Å². The lowest BCUT2D eigenvalue weighted by molar-refractivity contribution is -0.123. The molecule has 4 aliphatic rings. The van der Waals surface area contributed by atoms with Crippen molar-refractivity contribution in [3.05, 3.63) is 34.6 Å². The number of likely N-dealkylation sites (N-methyl/N-ethyl adjacent to an activating group) is 1. The fourth-order valence-electron chi connectivity index (χ4n) is 4.58. The van der Waals surface area contributed by atoms with E-state index in [1.807, 2.05) is 14.0 Å². The standard InChI is InChI=1S/C21H28N2O4/c1-11-15-10-21(3)12(2)18(27-20(25)22-14-6-7-14)17(26-5)9-13(21)8-16(15)23(4)19(11)24/h8-9,12,14,17-18H,6-7,10H2,1-5H3,(H,22,25)/t12-,17+,18+,21+/m0/s1. The van der Waals surface area contributed by atoms with Crippen molar-refractivity contribution in [1.29, 1.82) is 0 Å². The van der Waals surface area contributed by atoms with Gasteiger partial charge in [-0.05, 0) is 49.5 Å². The molecule has 146 valence electrons.